The zero-order valence-corrected chi connectivity index (χ0v) is 53.8. The summed E-state index contributed by atoms with van der Waals surface area (Å²) in [6.45, 7) is 6.55. The van der Waals surface area contributed by atoms with Crippen LogP contribution in [0.5, 0.6) is 0 Å². The van der Waals surface area contributed by atoms with Crippen LogP contribution in [0.1, 0.15) is 355 Å². The molecule has 6 heteroatoms. The van der Waals surface area contributed by atoms with Crippen LogP contribution in [0.4, 0.5) is 0 Å². The van der Waals surface area contributed by atoms with Crippen molar-refractivity contribution in [3.63, 3.8) is 0 Å². The van der Waals surface area contributed by atoms with Gasteiger partial charge in [-0.25, -0.2) is 0 Å². The molecule has 6 nitrogen and oxygen atoms in total. The normalized spacial score (nSPS) is 12.6. The molecule has 0 heterocycles. The molecule has 0 aliphatic carbocycles. The quantitative estimate of drug-likeness (QED) is 0.0261. The Balaban J connectivity index is 4.35. The van der Waals surface area contributed by atoms with Crippen molar-refractivity contribution in [2.24, 2.45) is 0 Å². The van der Waals surface area contributed by atoms with Crippen molar-refractivity contribution < 1.29 is 28.6 Å². The van der Waals surface area contributed by atoms with E-state index in [9.17, 15) is 14.4 Å². The maximum absolute atomic E-state index is 13.0. The van der Waals surface area contributed by atoms with E-state index in [4.69, 9.17) is 14.2 Å². The van der Waals surface area contributed by atoms with Gasteiger partial charge in [-0.05, 0) is 116 Å². The van der Waals surface area contributed by atoms with Gasteiger partial charge in [0.15, 0.2) is 6.10 Å². The number of hydrogen-bond donors (Lipinski definition) is 0. The molecule has 0 aliphatic rings. The predicted octanol–water partition coefficient (Wildman–Crippen LogP) is 24.2. The molecule has 1 unspecified atom stereocenters. The Morgan fingerprint density at radius 3 is 0.765 bits per heavy atom. The summed E-state index contributed by atoms with van der Waals surface area (Å²) in [7, 11) is 0. The van der Waals surface area contributed by atoms with Gasteiger partial charge in [0.25, 0.3) is 0 Å². The second kappa shape index (κ2) is 69.1. The molecule has 0 fully saturated rings. The molecule has 0 amide bonds. The summed E-state index contributed by atoms with van der Waals surface area (Å²) >= 11 is 0. The molecule has 0 aromatic rings. The van der Waals surface area contributed by atoms with Crippen molar-refractivity contribution in [2.45, 2.75) is 361 Å². The third kappa shape index (κ3) is 67.3. The van der Waals surface area contributed by atoms with Gasteiger partial charge in [0.1, 0.15) is 13.2 Å². The maximum atomic E-state index is 13.0. The van der Waals surface area contributed by atoms with Gasteiger partial charge in [0.05, 0.1) is 0 Å². The van der Waals surface area contributed by atoms with Crippen molar-refractivity contribution in [3.8, 4) is 0 Å². The lowest BCUT2D eigenvalue weighted by molar-refractivity contribution is -0.167. The van der Waals surface area contributed by atoms with E-state index in [1.54, 1.807) is 0 Å². The summed E-state index contributed by atoms with van der Waals surface area (Å²) in [5, 5.41) is 0. The van der Waals surface area contributed by atoms with Gasteiger partial charge in [-0.1, -0.05) is 305 Å². The molecule has 0 aromatic heterocycles. The van der Waals surface area contributed by atoms with Crippen molar-refractivity contribution in [3.05, 3.63) is 85.1 Å². The molecule has 468 valence electrons. The van der Waals surface area contributed by atoms with Gasteiger partial charge in [0, 0.05) is 19.3 Å². The standard InChI is InChI=1S/C75H132O6/c1-4-7-10-13-16-19-22-25-28-31-33-35-36-37-38-40-41-44-47-50-53-56-59-62-65-68-74(77)80-71-72(70-79-73(76)67-64-61-58-55-52-49-46-43-30-27-24-21-18-15-12-9-6-3)81-75(78)69-66-63-60-57-54-51-48-45-42-39-34-32-29-26-23-20-17-14-11-8-5-2/h7,10,16,19,23,25-28,30,32-35,72H,4-6,8-9,11-15,17-18,20-22,24,29,31,36-71H2,1-3H3/b10-7-,19-16-,26-23-,28-25-,30-27-,34-32-,35-33-. The SMILES string of the molecule is CC/C=C\C/C=C\C/C=C\C/C=C\CCCCCCCCCCCCCCC(=O)OCC(COC(=O)CCCCCCCCC/C=C\CCCCCCCC)OC(=O)CCCCCCCCCCC/C=C\C/C=C\CCCCCCC. The fourth-order valence-corrected chi connectivity index (χ4v) is 10.1. The van der Waals surface area contributed by atoms with Crippen LogP contribution in [-0.4, -0.2) is 37.2 Å². The third-order valence-electron chi connectivity index (χ3n) is 15.4. The highest BCUT2D eigenvalue weighted by molar-refractivity contribution is 5.71. The lowest BCUT2D eigenvalue weighted by Gasteiger charge is -2.18. The van der Waals surface area contributed by atoms with Crippen LogP contribution in [0.15, 0.2) is 85.1 Å². The number of allylic oxidation sites excluding steroid dienone is 14. The summed E-state index contributed by atoms with van der Waals surface area (Å²) in [6, 6.07) is 0. The zero-order valence-electron chi connectivity index (χ0n) is 53.8. The molecule has 81 heavy (non-hydrogen) atoms. The van der Waals surface area contributed by atoms with E-state index in [2.05, 4.69) is 106 Å². The molecular weight excluding hydrogens is 997 g/mol. The number of rotatable bonds is 64. The molecule has 1 atom stereocenters. The highest BCUT2D eigenvalue weighted by Crippen LogP contribution is 2.17. The largest absolute Gasteiger partial charge is 0.462 e. The molecule has 0 spiro atoms. The van der Waals surface area contributed by atoms with Gasteiger partial charge in [-0.3, -0.25) is 14.4 Å². The topological polar surface area (TPSA) is 78.9 Å². The van der Waals surface area contributed by atoms with E-state index in [1.165, 1.54) is 225 Å². The number of carbonyl (C=O) groups is 3. The first-order chi connectivity index (χ1) is 40.0. The van der Waals surface area contributed by atoms with Crippen LogP contribution < -0.4 is 0 Å². The summed E-state index contributed by atoms with van der Waals surface area (Å²) in [5.41, 5.74) is 0. The summed E-state index contributed by atoms with van der Waals surface area (Å²) in [5.74, 6) is -0.870. The minimum Gasteiger partial charge on any atom is -0.462 e. The van der Waals surface area contributed by atoms with Crippen LogP contribution in [0.3, 0.4) is 0 Å². The van der Waals surface area contributed by atoms with Crippen LogP contribution >= 0.6 is 0 Å². The van der Waals surface area contributed by atoms with Crippen LogP contribution in [-0.2, 0) is 28.6 Å². The summed E-state index contributed by atoms with van der Waals surface area (Å²) in [6.07, 6.45) is 91.7. The van der Waals surface area contributed by atoms with Gasteiger partial charge in [-0.15, -0.1) is 0 Å². The Morgan fingerprint density at radius 2 is 0.481 bits per heavy atom. The van der Waals surface area contributed by atoms with Gasteiger partial charge < -0.3 is 14.2 Å². The summed E-state index contributed by atoms with van der Waals surface area (Å²) in [4.78, 5) is 38.5. The first-order valence-corrected chi connectivity index (χ1v) is 35.1. The maximum Gasteiger partial charge on any atom is 0.306 e. The van der Waals surface area contributed by atoms with Gasteiger partial charge in [-0.2, -0.15) is 0 Å². The average Bonchev–Trinajstić information content (AvgIpc) is 3.47. The van der Waals surface area contributed by atoms with Crippen LogP contribution in [0, 0.1) is 0 Å². The second-order valence-electron chi connectivity index (χ2n) is 23.4. The Bertz CT molecular complexity index is 1530. The molecule has 0 aliphatic heterocycles. The Hall–Kier alpha value is -3.41. The fraction of sp³-hybridized carbons (Fsp3) is 0.773. The third-order valence-corrected chi connectivity index (χ3v) is 15.4. The second-order valence-corrected chi connectivity index (χ2v) is 23.4. The zero-order chi connectivity index (χ0) is 58.5. The molecule has 0 rings (SSSR count). The van der Waals surface area contributed by atoms with Gasteiger partial charge >= 0.3 is 17.9 Å². The van der Waals surface area contributed by atoms with Crippen LogP contribution in [0.25, 0.3) is 0 Å². The number of ether oxygens (including phenoxy) is 3. The molecule has 0 aromatic carbocycles. The highest BCUT2D eigenvalue weighted by atomic mass is 16.6. The van der Waals surface area contributed by atoms with Crippen molar-refractivity contribution in [1.29, 1.82) is 0 Å². The number of unbranched alkanes of at least 4 members (excludes halogenated alkanes) is 39. The molecule has 0 radical (unpaired) electrons. The molecule has 0 bridgehead atoms. The molecule has 0 N–H and O–H groups in total. The minimum atomic E-state index is -0.783. The number of carbonyl (C=O) groups excluding carboxylic acids is 3. The van der Waals surface area contributed by atoms with E-state index >= 15 is 0 Å². The van der Waals surface area contributed by atoms with E-state index in [0.717, 1.165) is 89.9 Å². The van der Waals surface area contributed by atoms with E-state index < -0.39 is 6.10 Å². The fourth-order valence-electron chi connectivity index (χ4n) is 10.1. The minimum absolute atomic E-state index is 0.0784. The average molecular weight is 1130 g/mol. The Morgan fingerprint density at radius 1 is 0.259 bits per heavy atom. The first-order valence-electron chi connectivity index (χ1n) is 35.1. The van der Waals surface area contributed by atoms with E-state index in [1.807, 2.05) is 0 Å². The summed E-state index contributed by atoms with van der Waals surface area (Å²) < 4.78 is 17.0. The molecular formula is C75H132O6. The lowest BCUT2D eigenvalue weighted by Crippen LogP contribution is -2.30. The number of hydrogen-bond acceptors (Lipinski definition) is 6. The molecule has 0 saturated heterocycles. The lowest BCUT2D eigenvalue weighted by atomic mass is 10.0. The smallest absolute Gasteiger partial charge is 0.306 e. The van der Waals surface area contributed by atoms with E-state index in [0.29, 0.717) is 19.3 Å². The van der Waals surface area contributed by atoms with Crippen molar-refractivity contribution >= 4 is 17.9 Å². The first kappa shape index (κ1) is 77.6. The Kier molecular flexibility index (Phi) is 66.2. The van der Waals surface area contributed by atoms with Gasteiger partial charge in [0.2, 0.25) is 0 Å². The van der Waals surface area contributed by atoms with E-state index in [-0.39, 0.29) is 31.1 Å². The molecule has 0 saturated carbocycles. The van der Waals surface area contributed by atoms with Crippen molar-refractivity contribution in [1.82, 2.24) is 0 Å². The number of esters is 3. The van der Waals surface area contributed by atoms with Crippen molar-refractivity contribution in [2.75, 3.05) is 13.2 Å². The monoisotopic (exact) mass is 1130 g/mol. The predicted molar refractivity (Wildman–Crippen MR) is 353 cm³/mol. The van der Waals surface area contributed by atoms with Crippen LogP contribution in [0.2, 0.25) is 0 Å². The Labute approximate surface area is 503 Å². The highest BCUT2D eigenvalue weighted by Gasteiger charge is 2.19.